The molecule has 0 radical (unpaired) electrons. The maximum absolute atomic E-state index is 13.5. The number of likely N-dealkylation sites (tertiary alicyclic amines) is 2. The van der Waals surface area contributed by atoms with Crippen molar-refractivity contribution < 1.29 is 23.9 Å². The molecule has 3 aromatic rings. The van der Waals surface area contributed by atoms with Gasteiger partial charge >= 0.3 is 6.09 Å². The second-order valence-corrected chi connectivity index (χ2v) is 14.8. The van der Waals surface area contributed by atoms with E-state index in [4.69, 9.17) is 14.5 Å². The van der Waals surface area contributed by atoms with Crippen LogP contribution in [0, 0.1) is 5.92 Å². The summed E-state index contributed by atoms with van der Waals surface area (Å²) >= 11 is 0. The third kappa shape index (κ3) is 8.23. The van der Waals surface area contributed by atoms with Crippen LogP contribution in [0.15, 0.2) is 65.9 Å². The number of imidazole rings is 1. The molecular formula is C41H51N7O5. The Morgan fingerprint density at radius 1 is 0.887 bits per heavy atom. The first-order chi connectivity index (χ1) is 25.8. The number of carbonyl (C=O) groups is 3. The van der Waals surface area contributed by atoms with E-state index in [0.29, 0.717) is 19.1 Å². The number of allylic oxidation sites excluding steroid dienone is 1. The molecule has 1 unspecified atom stereocenters. The predicted molar refractivity (Wildman–Crippen MR) is 204 cm³/mol. The van der Waals surface area contributed by atoms with Crippen LogP contribution in [-0.2, 0) is 19.1 Å². The van der Waals surface area contributed by atoms with Crippen molar-refractivity contribution >= 4 is 29.2 Å². The lowest BCUT2D eigenvalue weighted by Crippen LogP contribution is -2.51. The van der Waals surface area contributed by atoms with Crippen molar-refractivity contribution in [3.8, 4) is 22.4 Å². The van der Waals surface area contributed by atoms with E-state index in [9.17, 15) is 14.4 Å². The zero-order valence-electron chi connectivity index (χ0n) is 31.0. The van der Waals surface area contributed by atoms with Crippen molar-refractivity contribution in [1.82, 2.24) is 30.4 Å². The molecule has 2 aromatic carbocycles. The Balaban J connectivity index is 0.943. The highest BCUT2D eigenvalue weighted by Crippen LogP contribution is 2.34. The van der Waals surface area contributed by atoms with Gasteiger partial charge in [0.2, 0.25) is 11.8 Å². The number of nitrogens with one attached hydrogen (secondary N) is 3. The molecule has 53 heavy (non-hydrogen) atoms. The Bertz CT molecular complexity index is 1830. The Kier molecular flexibility index (Phi) is 11.4. The summed E-state index contributed by atoms with van der Waals surface area (Å²) in [6.07, 6.45) is 9.49. The summed E-state index contributed by atoms with van der Waals surface area (Å²) in [5.74, 6) is 0.694. The topological polar surface area (TPSA) is 141 Å². The highest BCUT2D eigenvalue weighted by atomic mass is 16.5. The van der Waals surface area contributed by atoms with Gasteiger partial charge in [-0.05, 0) is 72.3 Å². The first-order valence-electron chi connectivity index (χ1n) is 19.1. The predicted octanol–water partition coefficient (Wildman–Crippen LogP) is 5.73. The number of ether oxygens (including phenoxy) is 2. The molecule has 12 nitrogen and oxygen atoms in total. The van der Waals surface area contributed by atoms with Gasteiger partial charge in [-0.25, -0.2) is 9.78 Å². The molecule has 0 saturated carbocycles. The zero-order chi connectivity index (χ0) is 36.9. The summed E-state index contributed by atoms with van der Waals surface area (Å²) in [4.78, 5) is 55.4. The molecule has 0 spiro atoms. The van der Waals surface area contributed by atoms with Crippen molar-refractivity contribution in [2.24, 2.45) is 10.9 Å². The van der Waals surface area contributed by atoms with Crippen LogP contribution >= 0.6 is 0 Å². The second-order valence-electron chi connectivity index (χ2n) is 14.8. The highest BCUT2D eigenvalue weighted by Gasteiger charge is 2.38. The molecule has 4 aliphatic rings. The minimum atomic E-state index is -0.671. The van der Waals surface area contributed by atoms with Crippen molar-refractivity contribution in [3.05, 3.63) is 72.3 Å². The van der Waals surface area contributed by atoms with Gasteiger partial charge < -0.3 is 34.9 Å². The molecule has 4 aliphatic heterocycles. The molecule has 7 rings (SSSR count). The van der Waals surface area contributed by atoms with E-state index in [1.54, 1.807) is 0 Å². The zero-order valence-corrected chi connectivity index (χ0v) is 31.0. The first kappa shape index (κ1) is 36.5. The summed E-state index contributed by atoms with van der Waals surface area (Å²) in [5.41, 5.74) is 7.53. The largest absolute Gasteiger partial charge is 0.453 e. The van der Waals surface area contributed by atoms with Gasteiger partial charge in [0.15, 0.2) is 0 Å². The molecule has 1 aromatic heterocycles. The van der Waals surface area contributed by atoms with Crippen LogP contribution in [0.5, 0.6) is 0 Å². The number of amides is 3. The number of aliphatic imine (C=N–C) groups is 1. The number of nitrogens with zero attached hydrogens (tertiary/aromatic N) is 4. The number of H-pyrrole nitrogens is 1. The maximum atomic E-state index is 13.5. The summed E-state index contributed by atoms with van der Waals surface area (Å²) < 4.78 is 10.2. The fraction of sp³-hybridized carbons (Fsp3) is 0.488. The van der Waals surface area contributed by atoms with Crippen LogP contribution in [0.3, 0.4) is 0 Å². The average Bonchev–Trinajstić information content (AvgIpc) is 4.03. The quantitative estimate of drug-likeness (QED) is 0.230. The first-order valence-corrected chi connectivity index (χ1v) is 19.1. The molecule has 0 aliphatic carbocycles. The second kappa shape index (κ2) is 16.5. The van der Waals surface area contributed by atoms with E-state index in [-0.39, 0.29) is 29.8 Å². The Morgan fingerprint density at radius 2 is 1.53 bits per heavy atom. The Morgan fingerprint density at radius 3 is 2.21 bits per heavy atom. The number of benzene rings is 2. The van der Waals surface area contributed by atoms with Crippen LogP contribution in [0.4, 0.5) is 4.79 Å². The molecule has 3 N–H and O–H groups in total. The molecule has 280 valence electrons. The fourth-order valence-corrected chi connectivity index (χ4v) is 8.04. The normalized spacial score (nSPS) is 21.1. The number of hydrogen-bond donors (Lipinski definition) is 3. The van der Waals surface area contributed by atoms with Gasteiger partial charge in [0.1, 0.15) is 11.9 Å². The molecule has 3 atom stereocenters. The standard InChI is InChI=1S/C41H51N7O5/c1-26(2)38(46-41(51)52-3)40(50)48-19-5-7-36(48)39-44-24-34(45-39)30-14-12-28(13-15-30)27-8-10-29(11-9-27)31-22-33(43-23-31)35-6-4-18-47(35)37(49)25-42-32-16-20-53-21-17-32/h8-15,23-24,26,32,35-36,38,42H,4-7,16-22,25H2,1-3H3,(H,44,45)(H,46,51)/t35-,36?,38-/m0/s1. The van der Waals surface area contributed by atoms with E-state index in [1.807, 2.05) is 36.0 Å². The van der Waals surface area contributed by atoms with Gasteiger partial charge in [-0.2, -0.15) is 0 Å². The smallest absolute Gasteiger partial charge is 0.407 e. The van der Waals surface area contributed by atoms with Gasteiger partial charge in [0.25, 0.3) is 0 Å². The highest BCUT2D eigenvalue weighted by molar-refractivity contribution is 6.03. The van der Waals surface area contributed by atoms with E-state index < -0.39 is 12.1 Å². The van der Waals surface area contributed by atoms with E-state index in [2.05, 4.69) is 69.1 Å². The summed E-state index contributed by atoms with van der Waals surface area (Å²) in [7, 11) is 1.30. The van der Waals surface area contributed by atoms with Gasteiger partial charge in [-0.1, -0.05) is 62.4 Å². The van der Waals surface area contributed by atoms with Gasteiger partial charge in [-0.15, -0.1) is 0 Å². The summed E-state index contributed by atoms with van der Waals surface area (Å²) in [6, 6.07) is 16.6. The molecule has 12 heteroatoms. The number of alkyl carbamates (subject to hydrolysis) is 1. The Hall–Kier alpha value is -4.81. The van der Waals surface area contributed by atoms with E-state index in [1.165, 1.54) is 12.7 Å². The van der Waals surface area contributed by atoms with Crippen LogP contribution < -0.4 is 10.6 Å². The monoisotopic (exact) mass is 721 g/mol. The molecule has 3 fully saturated rings. The lowest BCUT2D eigenvalue weighted by atomic mass is 9.96. The molecule has 3 amide bonds. The maximum Gasteiger partial charge on any atom is 0.407 e. The number of hydrogen-bond acceptors (Lipinski definition) is 8. The molecule has 3 saturated heterocycles. The minimum absolute atomic E-state index is 0.0728. The van der Waals surface area contributed by atoms with Crippen molar-refractivity contribution in [1.29, 1.82) is 0 Å². The van der Waals surface area contributed by atoms with E-state index >= 15 is 0 Å². The van der Waals surface area contributed by atoms with Gasteiger partial charge in [0.05, 0.1) is 37.6 Å². The van der Waals surface area contributed by atoms with Gasteiger partial charge in [-0.3, -0.25) is 14.6 Å². The summed E-state index contributed by atoms with van der Waals surface area (Å²) in [5, 5.41) is 6.15. The molecular weight excluding hydrogens is 670 g/mol. The van der Waals surface area contributed by atoms with Crippen LogP contribution in [0.25, 0.3) is 28.0 Å². The van der Waals surface area contributed by atoms with Crippen LogP contribution in [-0.4, -0.2) is 101 Å². The number of aromatic nitrogens is 2. The number of methoxy groups -OCH3 is 1. The SMILES string of the molecule is COC(=O)N[C@H](C(=O)N1CCCC1c1ncc(-c2ccc(-c3ccc(C4=CN=C([C@@H]5CCCN5C(=O)CNC5CCOCC5)C4)cc3)cc2)[nH]1)C(C)C. The number of rotatable bonds is 11. The summed E-state index contributed by atoms with van der Waals surface area (Å²) in [6.45, 7) is 7.12. The average molecular weight is 722 g/mol. The third-order valence-electron chi connectivity index (χ3n) is 11.1. The van der Waals surface area contributed by atoms with Crippen molar-refractivity contribution in [2.45, 2.75) is 83.0 Å². The van der Waals surface area contributed by atoms with Crippen LogP contribution in [0.2, 0.25) is 0 Å². The van der Waals surface area contributed by atoms with Crippen molar-refractivity contribution in [2.75, 3.05) is 40.0 Å². The number of carbonyl (C=O) groups excluding carboxylic acids is 3. The lowest BCUT2D eigenvalue weighted by Gasteiger charge is -2.30. The third-order valence-corrected chi connectivity index (χ3v) is 11.1. The minimum Gasteiger partial charge on any atom is -0.453 e. The van der Waals surface area contributed by atoms with Gasteiger partial charge in [0, 0.05) is 50.7 Å². The lowest BCUT2D eigenvalue weighted by molar-refractivity contribution is -0.135. The van der Waals surface area contributed by atoms with Crippen LogP contribution in [0.1, 0.15) is 76.2 Å². The molecule has 5 heterocycles. The molecule has 0 bridgehead atoms. The van der Waals surface area contributed by atoms with Crippen molar-refractivity contribution in [3.63, 3.8) is 0 Å². The number of aromatic amines is 1. The Labute approximate surface area is 311 Å². The van der Waals surface area contributed by atoms with E-state index in [0.717, 1.165) is 104 Å². The fourth-order valence-electron chi connectivity index (χ4n) is 8.04.